The summed E-state index contributed by atoms with van der Waals surface area (Å²) in [4.78, 5) is 0. The van der Waals surface area contributed by atoms with Crippen LogP contribution in [0.3, 0.4) is 0 Å². The monoisotopic (exact) mass is 149 g/mol. The SMILES string of the molecule is S=C=CNc1ccccc1. The molecule has 10 heavy (non-hydrogen) atoms. The predicted molar refractivity (Wildman–Crippen MR) is 47.2 cm³/mol. The fraction of sp³-hybridized carbons (Fsp3) is 0. The van der Waals surface area contributed by atoms with Crippen molar-refractivity contribution in [2.45, 2.75) is 0 Å². The van der Waals surface area contributed by atoms with Crippen LogP contribution in [0.25, 0.3) is 0 Å². The maximum absolute atomic E-state index is 4.48. The van der Waals surface area contributed by atoms with E-state index >= 15 is 0 Å². The Morgan fingerprint density at radius 2 is 2.00 bits per heavy atom. The summed E-state index contributed by atoms with van der Waals surface area (Å²) >= 11 is 4.48. The highest BCUT2D eigenvalue weighted by atomic mass is 32.1. The van der Waals surface area contributed by atoms with Crippen LogP contribution in [0, 0.1) is 0 Å². The summed E-state index contributed by atoms with van der Waals surface area (Å²) in [6, 6.07) is 9.80. The Balaban J connectivity index is 2.67. The van der Waals surface area contributed by atoms with E-state index < -0.39 is 0 Å². The Morgan fingerprint density at radius 1 is 1.30 bits per heavy atom. The van der Waals surface area contributed by atoms with Gasteiger partial charge in [0.2, 0.25) is 0 Å². The summed E-state index contributed by atoms with van der Waals surface area (Å²) in [7, 11) is 0. The van der Waals surface area contributed by atoms with Gasteiger partial charge in [-0.05, 0) is 29.4 Å². The van der Waals surface area contributed by atoms with Crippen molar-refractivity contribution >= 4 is 22.9 Å². The molecule has 0 heterocycles. The zero-order valence-corrected chi connectivity index (χ0v) is 6.19. The van der Waals surface area contributed by atoms with Crippen molar-refractivity contribution in [2.75, 3.05) is 5.32 Å². The zero-order valence-electron chi connectivity index (χ0n) is 5.37. The van der Waals surface area contributed by atoms with Gasteiger partial charge < -0.3 is 5.32 Å². The topological polar surface area (TPSA) is 12.0 Å². The fourth-order valence-electron chi connectivity index (χ4n) is 0.647. The number of thiocarbonyl (C=S) groups is 1. The van der Waals surface area contributed by atoms with E-state index in [2.05, 4.69) is 22.6 Å². The van der Waals surface area contributed by atoms with Gasteiger partial charge in [0.15, 0.2) is 0 Å². The smallest absolute Gasteiger partial charge is 0.0558 e. The highest BCUT2D eigenvalue weighted by molar-refractivity contribution is 7.78. The van der Waals surface area contributed by atoms with Gasteiger partial charge in [0, 0.05) is 5.69 Å². The molecule has 0 spiro atoms. The molecule has 1 aromatic carbocycles. The molecule has 0 aliphatic heterocycles. The Bertz CT molecular complexity index is 237. The van der Waals surface area contributed by atoms with Crippen LogP contribution in [0.15, 0.2) is 36.5 Å². The van der Waals surface area contributed by atoms with E-state index in [0.29, 0.717) is 0 Å². The summed E-state index contributed by atoms with van der Waals surface area (Å²) in [6.45, 7) is 0. The average molecular weight is 149 g/mol. The second kappa shape index (κ2) is 3.83. The molecule has 0 saturated heterocycles. The van der Waals surface area contributed by atoms with Gasteiger partial charge in [-0.1, -0.05) is 18.2 Å². The lowest BCUT2D eigenvalue weighted by molar-refractivity contribution is 1.61. The summed E-state index contributed by atoms with van der Waals surface area (Å²) < 4.78 is 0. The minimum Gasteiger partial charge on any atom is -0.354 e. The number of hydrogen-bond donors (Lipinski definition) is 1. The molecule has 0 aliphatic rings. The molecule has 1 nitrogen and oxygen atoms in total. The first-order valence-electron chi connectivity index (χ1n) is 2.94. The molecule has 1 rings (SSSR count). The van der Waals surface area contributed by atoms with Crippen molar-refractivity contribution in [3.63, 3.8) is 0 Å². The van der Waals surface area contributed by atoms with Crippen LogP contribution in [0.1, 0.15) is 0 Å². The van der Waals surface area contributed by atoms with Crippen molar-refractivity contribution in [1.82, 2.24) is 0 Å². The van der Waals surface area contributed by atoms with Gasteiger partial charge in [0.05, 0.1) is 6.20 Å². The first-order valence-corrected chi connectivity index (χ1v) is 3.35. The van der Waals surface area contributed by atoms with Gasteiger partial charge in [0.1, 0.15) is 0 Å². The molecular formula is C8H7NS. The van der Waals surface area contributed by atoms with Gasteiger partial charge in [-0.25, -0.2) is 0 Å². The number of nitrogens with one attached hydrogen (secondary N) is 1. The van der Waals surface area contributed by atoms with Crippen LogP contribution in [0.2, 0.25) is 0 Å². The van der Waals surface area contributed by atoms with Crippen LogP contribution >= 0.6 is 12.2 Å². The van der Waals surface area contributed by atoms with E-state index in [4.69, 9.17) is 0 Å². The van der Waals surface area contributed by atoms with Crippen molar-refractivity contribution in [3.05, 3.63) is 36.5 Å². The molecule has 0 radical (unpaired) electrons. The molecule has 2 heteroatoms. The maximum atomic E-state index is 4.48. The highest BCUT2D eigenvalue weighted by Gasteiger charge is 1.80. The quantitative estimate of drug-likeness (QED) is 0.647. The molecule has 0 aliphatic carbocycles. The second-order valence-electron chi connectivity index (χ2n) is 1.77. The fourth-order valence-corrected chi connectivity index (χ4v) is 0.706. The Labute approximate surface area is 65.4 Å². The van der Waals surface area contributed by atoms with E-state index in [1.165, 1.54) is 0 Å². The Morgan fingerprint density at radius 3 is 2.60 bits per heavy atom. The molecule has 0 fully saturated rings. The molecular weight excluding hydrogens is 142 g/mol. The molecule has 0 atom stereocenters. The molecule has 0 saturated carbocycles. The third-order valence-corrected chi connectivity index (χ3v) is 1.19. The standard InChI is InChI=1S/C8H7NS/c10-7-6-9-8-4-2-1-3-5-8/h1-6,9H. The first-order chi connectivity index (χ1) is 4.93. The summed E-state index contributed by atoms with van der Waals surface area (Å²) in [6.07, 6.45) is 1.60. The average Bonchev–Trinajstić information content (AvgIpc) is 2.03. The Hall–Kier alpha value is -1.11. The third kappa shape index (κ3) is 2.02. The normalized spacial score (nSPS) is 8.00. The van der Waals surface area contributed by atoms with E-state index in [9.17, 15) is 0 Å². The summed E-state index contributed by atoms with van der Waals surface area (Å²) in [5, 5.41) is 5.42. The lowest BCUT2D eigenvalue weighted by Crippen LogP contribution is -1.84. The number of benzene rings is 1. The largest absolute Gasteiger partial charge is 0.354 e. The van der Waals surface area contributed by atoms with Crippen molar-refractivity contribution in [2.24, 2.45) is 0 Å². The van der Waals surface area contributed by atoms with E-state index in [1.807, 2.05) is 30.3 Å². The van der Waals surface area contributed by atoms with E-state index in [1.54, 1.807) is 6.20 Å². The minimum absolute atomic E-state index is 1.03. The van der Waals surface area contributed by atoms with Gasteiger partial charge in [-0.2, -0.15) is 0 Å². The number of rotatable bonds is 2. The molecule has 1 N–H and O–H groups in total. The molecule has 1 aromatic rings. The summed E-state index contributed by atoms with van der Waals surface area (Å²) in [5.74, 6) is 0. The van der Waals surface area contributed by atoms with Gasteiger partial charge in [-0.3, -0.25) is 0 Å². The first kappa shape index (κ1) is 7.00. The number of hydrogen-bond acceptors (Lipinski definition) is 2. The second-order valence-corrected chi connectivity index (χ2v) is 2.01. The van der Waals surface area contributed by atoms with Gasteiger partial charge >= 0.3 is 0 Å². The van der Waals surface area contributed by atoms with Crippen LogP contribution in [-0.4, -0.2) is 5.02 Å². The third-order valence-electron chi connectivity index (χ3n) is 1.07. The van der Waals surface area contributed by atoms with Crippen LogP contribution < -0.4 is 5.32 Å². The predicted octanol–water partition coefficient (Wildman–Crippen LogP) is 2.21. The number of anilines is 1. The molecule has 50 valence electrons. The van der Waals surface area contributed by atoms with Crippen LogP contribution in [0.5, 0.6) is 0 Å². The lowest BCUT2D eigenvalue weighted by atomic mass is 10.3. The maximum Gasteiger partial charge on any atom is 0.0558 e. The van der Waals surface area contributed by atoms with Gasteiger partial charge in [0.25, 0.3) is 0 Å². The molecule has 0 aromatic heterocycles. The minimum atomic E-state index is 1.03. The lowest BCUT2D eigenvalue weighted by Gasteiger charge is -1.95. The molecule has 0 unspecified atom stereocenters. The molecule has 0 bridgehead atoms. The van der Waals surface area contributed by atoms with E-state index in [0.717, 1.165) is 5.69 Å². The highest BCUT2D eigenvalue weighted by Crippen LogP contribution is 2.03. The Kier molecular flexibility index (Phi) is 2.68. The number of para-hydroxylation sites is 1. The van der Waals surface area contributed by atoms with Crippen LogP contribution in [0.4, 0.5) is 5.69 Å². The van der Waals surface area contributed by atoms with Gasteiger partial charge in [-0.15, -0.1) is 0 Å². The zero-order chi connectivity index (χ0) is 7.23. The molecule has 0 amide bonds. The van der Waals surface area contributed by atoms with Crippen molar-refractivity contribution in [1.29, 1.82) is 0 Å². The van der Waals surface area contributed by atoms with Crippen LogP contribution in [-0.2, 0) is 0 Å². The summed E-state index contributed by atoms with van der Waals surface area (Å²) in [5.41, 5.74) is 1.03. The van der Waals surface area contributed by atoms with Crippen molar-refractivity contribution in [3.8, 4) is 0 Å². The van der Waals surface area contributed by atoms with Crippen molar-refractivity contribution < 1.29 is 0 Å². The van der Waals surface area contributed by atoms with E-state index in [-0.39, 0.29) is 0 Å².